The molecule has 1 aliphatic rings. The molecule has 1 fully saturated rings. The van der Waals surface area contributed by atoms with Crippen molar-refractivity contribution in [1.29, 1.82) is 0 Å². The Labute approximate surface area is 98.1 Å². The van der Waals surface area contributed by atoms with E-state index in [2.05, 4.69) is 0 Å². The van der Waals surface area contributed by atoms with Gasteiger partial charge in [0.15, 0.2) is 0 Å². The average molecular weight is 228 g/mol. The second kappa shape index (κ2) is 6.86. The summed E-state index contributed by atoms with van der Waals surface area (Å²) >= 11 is 0. The Hall–Kier alpha value is -0.610. The highest BCUT2D eigenvalue weighted by atomic mass is 16.5. The van der Waals surface area contributed by atoms with Crippen LogP contribution in [0.2, 0.25) is 0 Å². The molecular formula is C12H24N2O2. The lowest BCUT2D eigenvalue weighted by Gasteiger charge is -2.29. The average Bonchev–Trinajstić information content (AvgIpc) is 2.76. The summed E-state index contributed by atoms with van der Waals surface area (Å²) in [4.78, 5) is 13.7. The van der Waals surface area contributed by atoms with Crippen LogP contribution in [0.1, 0.15) is 32.6 Å². The molecular weight excluding hydrogens is 204 g/mol. The van der Waals surface area contributed by atoms with Gasteiger partial charge in [-0.1, -0.05) is 6.42 Å². The van der Waals surface area contributed by atoms with E-state index in [4.69, 9.17) is 10.5 Å². The highest BCUT2D eigenvalue weighted by molar-refractivity contribution is 5.76. The zero-order valence-electron chi connectivity index (χ0n) is 10.4. The fraction of sp³-hybridized carbons (Fsp3) is 0.917. The molecule has 0 aromatic carbocycles. The Bertz CT molecular complexity index is 221. The predicted octanol–water partition coefficient (Wildman–Crippen LogP) is 0.999. The first kappa shape index (κ1) is 13.5. The molecule has 4 nitrogen and oxygen atoms in total. The van der Waals surface area contributed by atoms with Crippen molar-refractivity contribution < 1.29 is 9.53 Å². The van der Waals surface area contributed by atoms with Crippen LogP contribution in [0, 0.1) is 5.92 Å². The quantitative estimate of drug-likeness (QED) is 0.690. The van der Waals surface area contributed by atoms with Crippen LogP contribution in [-0.2, 0) is 9.53 Å². The van der Waals surface area contributed by atoms with Crippen LogP contribution in [0.4, 0.5) is 0 Å². The van der Waals surface area contributed by atoms with Crippen LogP contribution in [0.5, 0.6) is 0 Å². The van der Waals surface area contributed by atoms with E-state index in [1.807, 2.05) is 18.9 Å². The fourth-order valence-electron chi connectivity index (χ4n) is 2.47. The van der Waals surface area contributed by atoms with Gasteiger partial charge >= 0.3 is 0 Å². The molecule has 0 bridgehead atoms. The zero-order valence-corrected chi connectivity index (χ0v) is 10.4. The summed E-state index contributed by atoms with van der Waals surface area (Å²) < 4.78 is 5.20. The van der Waals surface area contributed by atoms with E-state index in [1.54, 1.807) is 0 Å². The number of rotatable bonds is 6. The third-order valence-electron chi connectivity index (χ3n) is 3.48. The van der Waals surface area contributed by atoms with Gasteiger partial charge in [0.05, 0.1) is 13.0 Å². The van der Waals surface area contributed by atoms with Crippen molar-refractivity contribution in [2.45, 2.75) is 38.6 Å². The van der Waals surface area contributed by atoms with E-state index in [0.717, 1.165) is 12.8 Å². The van der Waals surface area contributed by atoms with Crippen LogP contribution in [0.3, 0.4) is 0 Å². The maximum Gasteiger partial charge on any atom is 0.224 e. The Balaban J connectivity index is 2.37. The van der Waals surface area contributed by atoms with E-state index in [1.165, 1.54) is 6.42 Å². The van der Waals surface area contributed by atoms with Crippen molar-refractivity contribution in [3.8, 4) is 0 Å². The van der Waals surface area contributed by atoms with E-state index >= 15 is 0 Å². The molecule has 0 aromatic rings. The van der Waals surface area contributed by atoms with Gasteiger partial charge in [-0.25, -0.2) is 0 Å². The molecule has 16 heavy (non-hydrogen) atoms. The molecule has 1 amide bonds. The number of nitrogens with two attached hydrogens (primary N) is 1. The smallest absolute Gasteiger partial charge is 0.224 e. The minimum absolute atomic E-state index is 0.179. The molecule has 1 rings (SSSR count). The molecule has 0 radical (unpaired) electrons. The summed E-state index contributed by atoms with van der Waals surface area (Å²) in [6.45, 7) is 3.83. The summed E-state index contributed by atoms with van der Waals surface area (Å²) in [5, 5.41) is 0. The lowest BCUT2D eigenvalue weighted by atomic mass is 10.0. The van der Waals surface area contributed by atoms with E-state index in [0.29, 0.717) is 38.1 Å². The minimum Gasteiger partial charge on any atom is -0.381 e. The first-order chi connectivity index (χ1) is 7.70. The normalized spacial score (nSPS) is 24.7. The topological polar surface area (TPSA) is 55.6 Å². The molecule has 1 aliphatic carbocycles. The Morgan fingerprint density at radius 3 is 2.88 bits per heavy atom. The Morgan fingerprint density at radius 2 is 2.25 bits per heavy atom. The number of hydrogen-bond acceptors (Lipinski definition) is 3. The predicted molar refractivity (Wildman–Crippen MR) is 64.1 cm³/mol. The number of nitrogens with zero attached hydrogens (tertiary/aromatic N) is 1. The number of hydrogen-bond donors (Lipinski definition) is 1. The minimum atomic E-state index is 0.179. The maximum atomic E-state index is 11.9. The van der Waals surface area contributed by atoms with Crippen LogP contribution in [0.25, 0.3) is 0 Å². The highest BCUT2D eigenvalue weighted by Crippen LogP contribution is 2.28. The maximum absolute atomic E-state index is 11.9. The van der Waals surface area contributed by atoms with Gasteiger partial charge in [-0.2, -0.15) is 0 Å². The first-order valence-electron chi connectivity index (χ1n) is 6.24. The first-order valence-corrected chi connectivity index (χ1v) is 6.24. The monoisotopic (exact) mass is 228 g/mol. The van der Waals surface area contributed by atoms with Crippen LogP contribution in [-0.4, -0.2) is 43.7 Å². The zero-order chi connectivity index (χ0) is 12.0. The molecule has 2 N–H and O–H groups in total. The van der Waals surface area contributed by atoms with Gasteiger partial charge in [0, 0.05) is 19.7 Å². The second-order valence-electron chi connectivity index (χ2n) is 4.45. The third-order valence-corrected chi connectivity index (χ3v) is 3.48. The summed E-state index contributed by atoms with van der Waals surface area (Å²) in [5.41, 5.74) is 5.72. The van der Waals surface area contributed by atoms with Crippen molar-refractivity contribution in [2.75, 3.05) is 26.8 Å². The van der Waals surface area contributed by atoms with E-state index in [9.17, 15) is 4.79 Å². The van der Waals surface area contributed by atoms with Crippen molar-refractivity contribution in [1.82, 2.24) is 4.90 Å². The molecule has 94 valence electrons. The van der Waals surface area contributed by atoms with Crippen molar-refractivity contribution in [2.24, 2.45) is 11.7 Å². The Morgan fingerprint density at radius 1 is 1.50 bits per heavy atom. The van der Waals surface area contributed by atoms with Gasteiger partial charge in [-0.15, -0.1) is 0 Å². The SMILES string of the molecule is CCOCCC(=O)N(C)C1CCCC1CN. The summed E-state index contributed by atoms with van der Waals surface area (Å²) in [7, 11) is 1.90. The molecule has 0 heterocycles. The van der Waals surface area contributed by atoms with Gasteiger partial charge in [0.25, 0.3) is 0 Å². The Kier molecular flexibility index (Phi) is 5.77. The third kappa shape index (κ3) is 3.46. The van der Waals surface area contributed by atoms with Gasteiger partial charge in [-0.05, 0) is 32.2 Å². The molecule has 4 heteroatoms. The fourth-order valence-corrected chi connectivity index (χ4v) is 2.47. The van der Waals surface area contributed by atoms with Gasteiger partial charge in [0.1, 0.15) is 0 Å². The van der Waals surface area contributed by atoms with E-state index < -0.39 is 0 Å². The van der Waals surface area contributed by atoms with Crippen molar-refractivity contribution in [3.05, 3.63) is 0 Å². The van der Waals surface area contributed by atoms with Gasteiger partial charge in [0.2, 0.25) is 5.91 Å². The number of ether oxygens (including phenoxy) is 1. The molecule has 0 saturated heterocycles. The van der Waals surface area contributed by atoms with Crippen molar-refractivity contribution in [3.63, 3.8) is 0 Å². The molecule has 1 saturated carbocycles. The molecule has 0 aromatic heterocycles. The number of carbonyl (C=O) groups excluding carboxylic acids is 1. The van der Waals surface area contributed by atoms with Gasteiger partial charge < -0.3 is 15.4 Å². The largest absolute Gasteiger partial charge is 0.381 e. The van der Waals surface area contributed by atoms with Crippen LogP contribution in [0.15, 0.2) is 0 Å². The summed E-state index contributed by atoms with van der Waals surface area (Å²) in [6, 6.07) is 0.346. The standard InChI is InChI=1S/C12H24N2O2/c1-3-16-8-7-12(15)14(2)11-6-4-5-10(11)9-13/h10-11H,3-9,13H2,1-2H3. The molecule has 2 atom stereocenters. The lowest BCUT2D eigenvalue weighted by Crippen LogP contribution is -2.41. The lowest BCUT2D eigenvalue weighted by molar-refractivity contribution is -0.133. The number of carbonyl (C=O) groups is 1. The van der Waals surface area contributed by atoms with Crippen LogP contribution >= 0.6 is 0 Å². The van der Waals surface area contributed by atoms with E-state index in [-0.39, 0.29) is 5.91 Å². The molecule has 0 spiro atoms. The molecule has 2 unspecified atom stereocenters. The van der Waals surface area contributed by atoms with Crippen LogP contribution < -0.4 is 5.73 Å². The molecule has 0 aliphatic heterocycles. The van der Waals surface area contributed by atoms with Crippen molar-refractivity contribution >= 4 is 5.91 Å². The van der Waals surface area contributed by atoms with Gasteiger partial charge in [-0.3, -0.25) is 4.79 Å². The highest BCUT2D eigenvalue weighted by Gasteiger charge is 2.31. The second-order valence-corrected chi connectivity index (χ2v) is 4.45. The summed E-state index contributed by atoms with van der Waals surface area (Å²) in [6.07, 6.45) is 3.93. The number of amides is 1. The summed E-state index contributed by atoms with van der Waals surface area (Å²) in [5.74, 6) is 0.667.